The van der Waals surface area contributed by atoms with E-state index in [2.05, 4.69) is 31.4 Å². The van der Waals surface area contributed by atoms with E-state index in [4.69, 9.17) is 0 Å². The first-order chi connectivity index (χ1) is 8.65. The fraction of sp³-hybridized carbons (Fsp3) is 0.933. The Hall–Kier alpha value is -0.570. The number of carbonyl (C=O) groups excluding carboxylic acids is 1. The number of unbranched alkanes of at least 4 members (excludes halogenated alkanes) is 1. The average molecular weight is 254 g/mol. The molecule has 106 valence electrons. The fourth-order valence-electron chi connectivity index (χ4n) is 2.90. The maximum Gasteiger partial charge on any atom is 0.233 e. The van der Waals surface area contributed by atoms with Gasteiger partial charge >= 0.3 is 0 Å². The fourth-order valence-corrected chi connectivity index (χ4v) is 2.90. The van der Waals surface area contributed by atoms with E-state index < -0.39 is 0 Å². The van der Waals surface area contributed by atoms with E-state index in [1.807, 2.05) is 0 Å². The molecule has 0 aromatic heterocycles. The summed E-state index contributed by atoms with van der Waals surface area (Å²) in [5.41, 5.74) is 0. The first-order valence-corrected chi connectivity index (χ1v) is 7.65. The Morgan fingerprint density at radius 2 is 2.00 bits per heavy atom. The number of rotatable bonds is 7. The normalized spacial score (nSPS) is 24.2. The van der Waals surface area contributed by atoms with E-state index in [9.17, 15) is 4.79 Å². The quantitative estimate of drug-likeness (QED) is 0.686. The molecule has 3 nitrogen and oxygen atoms in total. The van der Waals surface area contributed by atoms with Crippen LogP contribution in [0.2, 0.25) is 0 Å². The van der Waals surface area contributed by atoms with Crippen LogP contribution in [0, 0.1) is 11.8 Å². The summed E-state index contributed by atoms with van der Waals surface area (Å²) in [7, 11) is 0. The van der Waals surface area contributed by atoms with Crippen LogP contribution in [0.4, 0.5) is 0 Å². The highest BCUT2D eigenvalue weighted by molar-refractivity contribution is 5.77. The SMILES string of the molecule is CCCCNC(=O)CNC1CCCCC1C(C)C. The summed E-state index contributed by atoms with van der Waals surface area (Å²) < 4.78 is 0. The zero-order chi connectivity index (χ0) is 13.4. The van der Waals surface area contributed by atoms with E-state index in [1.165, 1.54) is 25.7 Å². The number of hydrogen-bond acceptors (Lipinski definition) is 2. The van der Waals surface area contributed by atoms with Crippen LogP contribution in [0.3, 0.4) is 0 Å². The van der Waals surface area contributed by atoms with Gasteiger partial charge in [0.05, 0.1) is 6.54 Å². The van der Waals surface area contributed by atoms with Crippen LogP contribution in [0.15, 0.2) is 0 Å². The summed E-state index contributed by atoms with van der Waals surface area (Å²) in [6, 6.07) is 0.538. The maximum atomic E-state index is 11.7. The molecule has 2 N–H and O–H groups in total. The Labute approximate surface area is 112 Å². The molecule has 18 heavy (non-hydrogen) atoms. The second kappa shape index (κ2) is 8.52. The molecule has 1 rings (SSSR count). The molecule has 3 heteroatoms. The summed E-state index contributed by atoms with van der Waals surface area (Å²) in [5, 5.41) is 6.43. The third-order valence-corrected chi connectivity index (χ3v) is 4.05. The van der Waals surface area contributed by atoms with Gasteiger partial charge in [-0.25, -0.2) is 0 Å². The Kier molecular flexibility index (Phi) is 7.33. The van der Waals surface area contributed by atoms with Crippen LogP contribution in [0.25, 0.3) is 0 Å². The van der Waals surface area contributed by atoms with Gasteiger partial charge in [-0.05, 0) is 31.1 Å². The third-order valence-electron chi connectivity index (χ3n) is 4.05. The van der Waals surface area contributed by atoms with Gasteiger partial charge in [0, 0.05) is 12.6 Å². The number of carbonyl (C=O) groups is 1. The minimum Gasteiger partial charge on any atom is -0.355 e. The molecule has 1 aliphatic carbocycles. The maximum absolute atomic E-state index is 11.7. The van der Waals surface area contributed by atoms with Crippen molar-refractivity contribution < 1.29 is 4.79 Å². The molecule has 0 heterocycles. The zero-order valence-electron chi connectivity index (χ0n) is 12.3. The second-order valence-electron chi connectivity index (χ2n) is 5.88. The number of amides is 1. The molecule has 1 aliphatic rings. The molecule has 0 aliphatic heterocycles. The van der Waals surface area contributed by atoms with Crippen molar-refractivity contribution in [3.05, 3.63) is 0 Å². The van der Waals surface area contributed by atoms with Gasteiger partial charge in [-0.2, -0.15) is 0 Å². The molecule has 1 fully saturated rings. The lowest BCUT2D eigenvalue weighted by molar-refractivity contribution is -0.120. The summed E-state index contributed by atoms with van der Waals surface area (Å²) >= 11 is 0. The lowest BCUT2D eigenvalue weighted by atomic mass is 9.78. The summed E-state index contributed by atoms with van der Waals surface area (Å²) in [6.45, 7) is 8.03. The van der Waals surface area contributed by atoms with Crippen LogP contribution >= 0.6 is 0 Å². The van der Waals surface area contributed by atoms with Crippen molar-refractivity contribution in [1.29, 1.82) is 0 Å². The molecule has 1 amide bonds. The third kappa shape index (κ3) is 5.38. The first-order valence-electron chi connectivity index (χ1n) is 7.65. The number of hydrogen-bond donors (Lipinski definition) is 2. The zero-order valence-corrected chi connectivity index (χ0v) is 12.3. The van der Waals surface area contributed by atoms with Crippen molar-refractivity contribution in [2.75, 3.05) is 13.1 Å². The highest BCUT2D eigenvalue weighted by Gasteiger charge is 2.27. The van der Waals surface area contributed by atoms with E-state index in [-0.39, 0.29) is 5.91 Å². The first kappa shape index (κ1) is 15.5. The Bertz CT molecular complexity index is 241. The second-order valence-corrected chi connectivity index (χ2v) is 5.88. The standard InChI is InChI=1S/C15H30N2O/c1-4-5-10-16-15(18)11-17-14-9-7-6-8-13(14)12(2)3/h12-14,17H,4-11H2,1-3H3,(H,16,18). The van der Waals surface area contributed by atoms with Gasteiger partial charge in [-0.15, -0.1) is 0 Å². The lowest BCUT2D eigenvalue weighted by Crippen LogP contribution is -2.45. The predicted molar refractivity (Wildman–Crippen MR) is 76.5 cm³/mol. The van der Waals surface area contributed by atoms with E-state index in [0.717, 1.165) is 25.3 Å². The molecule has 0 aromatic rings. The van der Waals surface area contributed by atoms with Gasteiger partial charge in [0.25, 0.3) is 0 Å². The van der Waals surface area contributed by atoms with Crippen LogP contribution < -0.4 is 10.6 Å². The molecule has 2 unspecified atom stereocenters. The molecular formula is C15H30N2O. The molecule has 1 saturated carbocycles. The molecule has 0 bridgehead atoms. The van der Waals surface area contributed by atoms with Crippen molar-refractivity contribution >= 4 is 5.91 Å². The summed E-state index contributed by atoms with van der Waals surface area (Å²) in [5.74, 6) is 1.60. The minimum absolute atomic E-state index is 0.150. The van der Waals surface area contributed by atoms with Gasteiger partial charge in [0.1, 0.15) is 0 Å². The Balaban J connectivity index is 2.25. The van der Waals surface area contributed by atoms with Gasteiger partial charge in [0.2, 0.25) is 5.91 Å². The molecule has 0 radical (unpaired) electrons. The van der Waals surface area contributed by atoms with Crippen molar-refractivity contribution in [1.82, 2.24) is 10.6 Å². The highest BCUT2D eigenvalue weighted by atomic mass is 16.1. The summed E-state index contributed by atoms with van der Waals surface area (Å²) in [6.07, 6.45) is 7.40. The van der Waals surface area contributed by atoms with Crippen LogP contribution in [-0.4, -0.2) is 25.0 Å². The minimum atomic E-state index is 0.150. The number of nitrogens with one attached hydrogen (secondary N) is 2. The van der Waals surface area contributed by atoms with Crippen LogP contribution in [0.1, 0.15) is 59.3 Å². The van der Waals surface area contributed by atoms with Gasteiger partial charge < -0.3 is 10.6 Å². The Morgan fingerprint density at radius 1 is 1.28 bits per heavy atom. The van der Waals surface area contributed by atoms with Gasteiger partial charge in [0.15, 0.2) is 0 Å². The molecule has 2 atom stereocenters. The average Bonchev–Trinajstić information content (AvgIpc) is 2.37. The van der Waals surface area contributed by atoms with Crippen LogP contribution in [-0.2, 0) is 4.79 Å². The highest BCUT2D eigenvalue weighted by Crippen LogP contribution is 2.29. The van der Waals surface area contributed by atoms with Crippen molar-refractivity contribution in [3.8, 4) is 0 Å². The van der Waals surface area contributed by atoms with Crippen molar-refractivity contribution in [2.45, 2.75) is 65.3 Å². The smallest absolute Gasteiger partial charge is 0.233 e. The molecule has 0 saturated heterocycles. The van der Waals surface area contributed by atoms with E-state index >= 15 is 0 Å². The lowest BCUT2D eigenvalue weighted by Gasteiger charge is -2.35. The molecule has 0 spiro atoms. The van der Waals surface area contributed by atoms with Crippen LogP contribution in [0.5, 0.6) is 0 Å². The van der Waals surface area contributed by atoms with E-state index in [0.29, 0.717) is 18.5 Å². The van der Waals surface area contributed by atoms with Gasteiger partial charge in [-0.3, -0.25) is 4.79 Å². The Morgan fingerprint density at radius 3 is 2.67 bits per heavy atom. The van der Waals surface area contributed by atoms with E-state index in [1.54, 1.807) is 0 Å². The largest absolute Gasteiger partial charge is 0.355 e. The van der Waals surface area contributed by atoms with Crippen molar-refractivity contribution in [3.63, 3.8) is 0 Å². The molecular weight excluding hydrogens is 224 g/mol. The van der Waals surface area contributed by atoms with Gasteiger partial charge in [-0.1, -0.05) is 40.0 Å². The topological polar surface area (TPSA) is 41.1 Å². The summed E-state index contributed by atoms with van der Waals surface area (Å²) in [4.78, 5) is 11.7. The molecule has 0 aromatic carbocycles. The predicted octanol–water partition coefficient (Wildman–Crippen LogP) is 2.71. The van der Waals surface area contributed by atoms with Crippen molar-refractivity contribution in [2.24, 2.45) is 11.8 Å². The monoisotopic (exact) mass is 254 g/mol.